The highest BCUT2D eigenvalue weighted by atomic mass is 32.1. The van der Waals surface area contributed by atoms with Crippen molar-refractivity contribution in [2.24, 2.45) is 0 Å². The molecule has 1 fully saturated rings. The molecule has 0 spiro atoms. The van der Waals surface area contributed by atoms with Crippen LogP contribution in [0.2, 0.25) is 0 Å². The molecular formula is C14H19N5S. The van der Waals surface area contributed by atoms with E-state index < -0.39 is 0 Å². The predicted octanol–water partition coefficient (Wildman–Crippen LogP) is 2.71. The Hall–Kier alpha value is -1.69. The molecule has 0 aromatic carbocycles. The van der Waals surface area contributed by atoms with Gasteiger partial charge in [0, 0.05) is 43.8 Å². The maximum Gasteiger partial charge on any atom is 0.202 e. The van der Waals surface area contributed by atoms with Gasteiger partial charge >= 0.3 is 0 Å². The van der Waals surface area contributed by atoms with E-state index in [0.717, 1.165) is 42.8 Å². The molecule has 0 radical (unpaired) electrons. The third-order valence-corrected chi connectivity index (χ3v) is 4.18. The standard InChI is InChI=1S/C14H19N5S/c1-2-12-17-14(20-18-12)16-10-11-5-6-15-13(9-11)19-7-3-4-8-19/h5-6,9H,2-4,7-8,10H2,1H3,(H,16,17,18). The number of nitrogens with one attached hydrogen (secondary N) is 1. The van der Waals surface area contributed by atoms with Crippen molar-refractivity contribution >= 4 is 22.5 Å². The molecule has 0 unspecified atom stereocenters. The van der Waals surface area contributed by atoms with Crippen molar-refractivity contribution in [2.45, 2.75) is 32.7 Å². The molecule has 2 aromatic rings. The molecule has 3 rings (SSSR count). The van der Waals surface area contributed by atoms with Gasteiger partial charge in [-0.25, -0.2) is 9.97 Å². The van der Waals surface area contributed by atoms with Gasteiger partial charge in [-0.15, -0.1) is 0 Å². The average molecular weight is 289 g/mol. The van der Waals surface area contributed by atoms with Crippen LogP contribution in [0.25, 0.3) is 0 Å². The third-order valence-electron chi connectivity index (χ3n) is 3.47. The lowest BCUT2D eigenvalue weighted by atomic mass is 10.2. The van der Waals surface area contributed by atoms with Crippen LogP contribution in [0, 0.1) is 0 Å². The highest BCUT2D eigenvalue weighted by Gasteiger charge is 2.13. The van der Waals surface area contributed by atoms with E-state index in [1.165, 1.54) is 29.9 Å². The second-order valence-corrected chi connectivity index (χ2v) is 5.69. The molecule has 1 aliphatic heterocycles. The number of aromatic nitrogens is 3. The Morgan fingerprint density at radius 2 is 2.20 bits per heavy atom. The molecular weight excluding hydrogens is 270 g/mol. The summed E-state index contributed by atoms with van der Waals surface area (Å²) in [6, 6.07) is 4.22. The smallest absolute Gasteiger partial charge is 0.202 e. The highest BCUT2D eigenvalue weighted by molar-refractivity contribution is 7.09. The average Bonchev–Trinajstić information content (AvgIpc) is 3.17. The van der Waals surface area contributed by atoms with E-state index in [4.69, 9.17) is 0 Å². The van der Waals surface area contributed by atoms with Crippen LogP contribution in [0.4, 0.5) is 10.9 Å². The molecule has 5 nitrogen and oxygen atoms in total. The van der Waals surface area contributed by atoms with Gasteiger partial charge in [-0.3, -0.25) is 0 Å². The van der Waals surface area contributed by atoms with Gasteiger partial charge in [-0.1, -0.05) is 6.92 Å². The lowest BCUT2D eigenvalue weighted by Crippen LogP contribution is -2.19. The SMILES string of the molecule is CCc1nsc(NCc2ccnc(N3CCCC3)c2)n1. The fourth-order valence-electron chi connectivity index (χ4n) is 2.34. The number of hydrogen-bond donors (Lipinski definition) is 1. The van der Waals surface area contributed by atoms with Crippen molar-refractivity contribution in [3.8, 4) is 0 Å². The molecule has 1 saturated heterocycles. The maximum atomic E-state index is 4.47. The minimum atomic E-state index is 0.766. The lowest BCUT2D eigenvalue weighted by molar-refractivity contribution is 0.931. The van der Waals surface area contributed by atoms with Crippen LogP contribution in [0.3, 0.4) is 0 Å². The summed E-state index contributed by atoms with van der Waals surface area (Å²) in [5.74, 6) is 2.00. The summed E-state index contributed by atoms with van der Waals surface area (Å²) in [6.45, 7) is 5.08. The first-order valence-corrected chi connectivity index (χ1v) is 7.89. The topological polar surface area (TPSA) is 53.9 Å². The quantitative estimate of drug-likeness (QED) is 0.917. The van der Waals surface area contributed by atoms with Crippen LogP contribution in [0.1, 0.15) is 31.2 Å². The Morgan fingerprint density at radius 3 is 2.95 bits per heavy atom. The molecule has 3 heterocycles. The summed E-state index contributed by atoms with van der Waals surface area (Å²) in [4.78, 5) is 11.2. The fraction of sp³-hybridized carbons (Fsp3) is 0.500. The van der Waals surface area contributed by atoms with E-state index in [2.05, 4.69) is 37.5 Å². The number of anilines is 2. The number of rotatable bonds is 5. The molecule has 1 N–H and O–H groups in total. The van der Waals surface area contributed by atoms with Crippen molar-refractivity contribution < 1.29 is 0 Å². The molecule has 0 atom stereocenters. The Labute approximate surface area is 123 Å². The zero-order valence-corrected chi connectivity index (χ0v) is 12.5. The van der Waals surface area contributed by atoms with Crippen LogP contribution < -0.4 is 10.2 Å². The summed E-state index contributed by atoms with van der Waals surface area (Å²) >= 11 is 1.42. The van der Waals surface area contributed by atoms with Crippen LogP contribution in [0.15, 0.2) is 18.3 Å². The predicted molar refractivity (Wildman–Crippen MR) is 82.3 cm³/mol. The van der Waals surface area contributed by atoms with E-state index >= 15 is 0 Å². The van der Waals surface area contributed by atoms with Crippen molar-refractivity contribution in [2.75, 3.05) is 23.3 Å². The van der Waals surface area contributed by atoms with Crippen LogP contribution >= 0.6 is 11.5 Å². The van der Waals surface area contributed by atoms with Gasteiger partial charge in [-0.05, 0) is 30.5 Å². The van der Waals surface area contributed by atoms with Crippen LogP contribution in [0.5, 0.6) is 0 Å². The van der Waals surface area contributed by atoms with E-state index in [0.29, 0.717) is 0 Å². The monoisotopic (exact) mass is 289 g/mol. The molecule has 2 aromatic heterocycles. The van der Waals surface area contributed by atoms with Gasteiger partial charge in [0.05, 0.1) is 0 Å². The van der Waals surface area contributed by atoms with E-state index in [1.54, 1.807) is 0 Å². The number of pyridine rings is 1. The van der Waals surface area contributed by atoms with E-state index in [9.17, 15) is 0 Å². The summed E-state index contributed by atoms with van der Waals surface area (Å²) in [7, 11) is 0. The van der Waals surface area contributed by atoms with Gasteiger partial charge in [0.25, 0.3) is 0 Å². The zero-order chi connectivity index (χ0) is 13.8. The fourth-order valence-corrected chi connectivity index (χ4v) is 2.98. The first-order chi connectivity index (χ1) is 9.85. The highest BCUT2D eigenvalue weighted by Crippen LogP contribution is 2.19. The third kappa shape index (κ3) is 3.07. The van der Waals surface area contributed by atoms with Gasteiger partial charge in [0.2, 0.25) is 5.13 Å². The lowest BCUT2D eigenvalue weighted by Gasteiger charge is -2.16. The molecule has 0 bridgehead atoms. The van der Waals surface area contributed by atoms with Gasteiger partial charge in [0.1, 0.15) is 11.6 Å². The Balaban J connectivity index is 1.63. The molecule has 106 valence electrons. The van der Waals surface area contributed by atoms with Crippen molar-refractivity contribution in [1.82, 2.24) is 14.3 Å². The summed E-state index contributed by atoms with van der Waals surface area (Å²) in [6.07, 6.45) is 5.32. The second kappa shape index (κ2) is 6.17. The molecule has 1 aliphatic rings. The Bertz CT molecular complexity index is 562. The summed E-state index contributed by atoms with van der Waals surface area (Å²) in [5, 5.41) is 4.22. The Morgan fingerprint density at radius 1 is 1.35 bits per heavy atom. The first-order valence-electron chi connectivity index (χ1n) is 7.11. The van der Waals surface area contributed by atoms with Gasteiger partial charge in [0.15, 0.2) is 0 Å². The summed E-state index contributed by atoms with van der Waals surface area (Å²) < 4.78 is 4.28. The first kappa shape index (κ1) is 13.3. The zero-order valence-electron chi connectivity index (χ0n) is 11.7. The number of aryl methyl sites for hydroxylation is 1. The van der Waals surface area contributed by atoms with Crippen molar-refractivity contribution in [3.05, 3.63) is 29.7 Å². The Kier molecular flexibility index (Phi) is 4.11. The van der Waals surface area contributed by atoms with Crippen molar-refractivity contribution in [3.63, 3.8) is 0 Å². The molecule has 0 aliphatic carbocycles. The molecule has 0 saturated carbocycles. The molecule has 20 heavy (non-hydrogen) atoms. The van der Waals surface area contributed by atoms with Crippen LogP contribution in [-0.4, -0.2) is 27.4 Å². The minimum absolute atomic E-state index is 0.766. The molecule has 0 amide bonds. The van der Waals surface area contributed by atoms with Gasteiger partial charge in [-0.2, -0.15) is 4.37 Å². The number of nitrogens with zero attached hydrogens (tertiary/aromatic N) is 4. The summed E-state index contributed by atoms with van der Waals surface area (Å²) in [5.41, 5.74) is 1.23. The second-order valence-electron chi connectivity index (χ2n) is 4.94. The van der Waals surface area contributed by atoms with Gasteiger partial charge < -0.3 is 10.2 Å². The van der Waals surface area contributed by atoms with Crippen LogP contribution in [-0.2, 0) is 13.0 Å². The molecule has 6 heteroatoms. The minimum Gasteiger partial charge on any atom is -0.357 e. The van der Waals surface area contributed by atoms with E-state index in [-0.39, 0.29) is 0 Å². The maximum absolute atomic E-state index is 4.47. The normalized spacial score (nSPS) is 14.8. The van der Waals surface area contributed by atoms with Crippen molar-refractivity contribution in [1.29, 1.82) is 0 Å². The largest absolute Gasteiger partial charge is 0.357 e. The van der Waals surface area contributed by atoms with E-state index in [1.807, 2.05) is 12.3 Å². The number of hydrogen-bond acceptors (Lipinski definition) is 6.